The van der Waals surface area contributed by atoms with Crippen molar-refractivity contribution in [3.8, 4) is 0 Å². The van der Waals surface area contributed by atoms with Crippen molar-refractivity contribution in [1.29, 1.82) is 0 Å². The Kier molecular flexibility index (Phi) is 3.61. The molecule has 0 saturated carbocycles. The van der Waals surface area contributed by atoms with Crippen molar-refractivity contribution in [2.24, 2.45) is 0 Å². The molecule has 4 heteroatoms. The number of hydrogen-bond donors (Lipinski definition) is 0. The minimum atomic E-state index is -0.811. The van der Waals surface area contributed by atoms with E-state index in [2.05, 4.69) is 0 Å². The second-order valence-corrected chi connectivity index (χ2v) is 4.19. The maximum Gasteiger partial charge on any atom is 0.339 e. The van der Waals surface area contributed by atoms with Crippen LogP contribution in [0.25, 0.3) is 0 Å². The summed E-state index contributed by atoms with van der Waals surface area (Å²) in [5.74, 6) is -0.374. The normalized spacial score (nSPS) is 20.1. The zero-order chi connectivity index (χ0) is 12.3. The smallest absolute Gasteiger partial charge is 0.339 e. The number of piperidine rings is 1. The van der Waals surface area contributed by atoms with Gasteiger partial charge in [-0.05, 0) is 25.0 Å². The lowest BCUT2D eigenvalue weighted by atomic mass is 10.1. The Morgan fingerprint density at radius 1 is 1.47 bits per heavy atom. The van der Waals surface area contributed by atoms with Gasteiger partial charge in [-0.1, -0.05) is 12.1 Å². The van der Waals surface area contributed by atoms with E-state index in [4.69, 9.17) is 4.74 Å². The monoisotopic (exact) mass is 237 g/mol. The molecule has 2 rings (SSSR count). The van der Waals surface area contributed by atoms with Crippen LogP contribution in [0, 0.1) is 0 Å². The number of nitrogens with zero attached hydrogens (tertiary/aromatic N) is 1. The molecular formula is C13H16FNO2. The van der Waals surface area contributed by atoms with Crippen molar-refractivity contribution in [1.82, 2.24) is 0 Å². The zero-order valence-electron chi connectivity index (χ0n) is 9.86. The summed E-state index contributed by atoms with van der Waals surface area (Å²) in [6.07, 6.45) is 0.613. The average molecular weight is 237 g/mol. The van der Waals surface area contributed by atoms with Crippen LogP contribution in [0.1, 0.15) is 23.2 Å². The fraction of sp³-hybridized carbons (Fsp3) is 0.462. The Morgan fingerprint density at radius 2 is 2.24 bits per heavy atom. The van der Waals surface area contributed by atoms with Crippen LogP contribution in [-0.4, -0.2) is 32.3 Å². The number of rotatable bonds is 2. The second kappa shape index (κ2) is 5.17. The lowest BCUT2D eigenvalue weighted by Crippen LogP contribution is -2.37. The van der Waals surface area contributed by atoms with Gasteiger partial charge in [0.1, 0.15) is 6.17 Å². The number of benzene rings is 1. The summed E-state index contributed by atoms with van der Waals surface area (Å²) in [6, 6.07) is 7.18. The van der Waals surface area contributed by atoms with Crippen LogP contribution in [0.15, 0.2) is 24.3 Å². The Labute approximate surface area is 100 Å². The minimum absolute atomic E-state index is 0.355. The largest absolute Gasteiger partial charge is 0.465 e. The minimum Gasteiger partial charge on any atom is -0.465 e. The van der Waals surface area contributed by atoms with Crippen molar-refractivity contribution in [3.05, 3.63) is 29.8 Å². The van der Waals surface area contributed by atoms with E-state index in [1.165, 1.54) is 7.11 Å². The quantitative estimate of drug-likeness (QED) is 0.740. The molecule has 3 nitrogen and oxygen atoms in total. The van der Waals surface area contributed by atoms with Gasteiger partial charge in [0.15, 0.2) is 0 Å². The molecule has 1 aromatic rings. The molecule has 0 aromatic heterocycles. The first-order valence-electron chi connectivity index (χ1n) is 5.78. The fourth-order valence-corrected chi connectivity index (χ4v) is 2.18. The highest BCUT2D eigenvalue weighted by molar-refractivity contribution is 5.95. The number of carbonyl (C=O) groups is 1. The molecule has 0 radical (unpaired) electrons. The molecule has 0 amide bonds. The standard InChI is InChI=1S/C13H16FNO2/c1-17-13(16)11-6-2-3-7-12(11)15-8-4-5-10(14)9-15/h2-3,6-7,10H,4-5,8-9H2,1H3. The Morgan fingerprint density at radius 3 is 2.94 bits per heavy atom. The predicted molar refractivity (Wildman–Crippen MR) is 64.1 cm³/mol. The van der Waals surface area contributed by atoms with Crippen molar-refractivity contribution in [3.63, 3.8) is 0 Å². The summed E-state index contributed by atoms with van der Waals surface area (Å²) < 4.78 is 18.1. The summed E-state index contributed by atoms with van der Waals surface area (Å²) in [4.78, 5) is 13.5. The van der Waals surface area contributed by atoms with Gasteiger partial charge in [-0.2, -0.15) is 0 Å². The number of hydrogen-bond acceptors (Lipinski definition) is 3. The molecule has 0 aliphatic carbocycles. The summed E-state index contributed by atoms with van der Waals surface area (Å²) in [7, 11) is 1.35. The molecule has 1 aliphatic rings. The van der Waals surface area contributed by atoms with E-state index >= 15 is 0 Å². The summed E-state index contributed by atoms with van der Waals surface area (Å²) in [6.45, 7) is 1.14. The van der Waals surface area contributed by atoms with Crippen LogP contribution < -0.4 is 4.90 Å². The van der Waals surface area contributed by atoms with Crippen molar-refractivity contribution < 1.29 is 13.9 Å². The van der Waals surface area contributed by atoms with E-state index in [0.717, 1.165) is 18.7 Å². The first-order chi connectivity index (χ1) is 8.22. The number of esters is 1. The number of carbonyl (C=O) groups excluding carboxylic acids is 1. The van der Waals surface area contributed by atoms with Gasteiger partial charge in [0.25, 0.3) is 0 Å². The van der Waals surface area contributed by atoms with E-state index in [9.17, 15) is 9.18 Å². The summed E-state index contributed by atoms with van der Waals surface area (Å²) in [5, 5.41) is 0. The van der Waals surface area contributed by atoms with Gasteiger partial charge in [0, 0.05) is 13.1 Å². The molecule has 17 heavy (non-hydrogen) atoms. The van der Waals surface area contributed by atoms with Gasteiger partial charge in [0.2, 0.25) is 0 Å². The molecule has 0 spiro atoms. The molecule has 0 bridgehead atoms. The molecular weight excluding hydrogens is 221 g/mol. The van der Waals surface area contributed by atoms with Gasteiger partial charge in [-0.15, -0.1) is 0 Å². The number of anilines is 1. The maximum atomic E-state index is 13.4. The van der Waals surface area contributed by atoms with Gasteiger partial charge in [-0.3, -0.25) is 0 Å². The van der Waals surface area contributed by atoms with Crippen LogP contribution in [0.2, 0.25) is 0 Å². The number of para-hydroxylation sites is 1. The van der Waals surface area contributed by atoms with Crippen LogP contribution in [0.3, 0.4) is 0 Å². The second-order valence-electron chi connectivity index (χ2n) is 4.19. The average Bonchev–Trinajstić information content (AvgIpc) is 2.38. The Bertz CT molecular complexity index is 408. The van der Waals surface area contributed by atoms with Crippen molar-refractivity contribution in [2.45, 2.75) is 19.0 Å². The van der Waals surface area contributed by atoms with Gasteiger partial charge < -0.3 is 9.64 Å². The van der Waals surface area contributed by atoms with Gasteiger partial charge in [0.05, 0.1) is 18.4 Å². The molecule has 92 valence electrons. The predicted octanol–water partition coefficient (Wildman–Crippen LogP) is 2.41. The lowest BCUT2D eigenvalue weighted by Gasteiger charge is -2.31. The number of ether oxygens (including phenoxy) is 1. The van der Waals surface area contributed by atoms with Crippen molar-refractivity contribution in [2.75, 3.05) is 25.1 Å². The lowest BCUT2D eigenvalue weighted by molar-refractivity contribution is 0.0601. The van der Waals surface area contributed by atoms with Crippen LogP contribution in [0.5, 0.6) is 0 Å². The van der Waals surface area contributed by atoms with Crippen LogP contribution in [0.4, 0.5) is 10.1 Å². The molecule has 1 atom stereocenters. The van der Waals surface area contributed by atoms with Gasteiger partial charge in [-0.25, -0.2) is 9.18 Å². The van der Waals surface area contributed by atoms with E-state index in [0.29, 0.717) is 18.5 Å². The van der Waals surface area contributed by atoms with E-state index in [1.807, 2.05) is 17.0 Å². The first kappa shape index (κ1) is 11.9. The molecule has 1 aliphatic heterocycles. The van der Waals surface area contributed by atoms with Crippen molar-refractivity contribution >= 4 is 11.7 Å². The van der Waals surface area contributed by atoms with E-state index < -0.39 is 6.17 Å². The van der Waals surface area contributed by atoms with Crippen LogP contribution in [-0.2, 0) is 4.74 Å². The highest BCUT2D eigenvalue weighted by Gasteiger charge is 2.23. The van der Waals surface area contributed by atoms with Crippen LogP contribution >= 0.6 is 0 Å². The SMILES string of the molecule is COC(=O)c1ccccc1N1CCCC(F)C1. The molecule has 1 aromatic carbocycles. The topological polar surface area (TPSA) is 29.5 Å². The van der Waals surface area contributed by atoms with E-state index in [-0.39, 0.29) is 5.97 Å². The Hall–Kier alpha value is -1.58. The number of halogens is 1. The zero-order valence-corrected chi connectivity index (χ0v) is 9.86. The highest BCUT2D eigenvalue weighted by atomic mass is 19.1. The number of methoxy groups -OCH3 is 1. The fourth-order valence-electron chi connectivity index (χ4n) is 2.18. The molecule has 1 unspecified atom stereocenters. The number of alkyl halides is 1. The third-order valence-electron chi connectivity index (χ3n) is 3.01. The first-order valence-corrected chi connectivity index (χ1v) is 5.78. The molecule has 0 N–H and O–H groups in total. The third-order valence-corrected chi connectivity index (χ3v) is 3.01. The Balaban J connectivity index is 2.27. The molecule has 1 fully saturated rings. The molecule has 1 saturated heterocycles. The maximum absolute atomic E-state index is 13.4. The van der Waals surface area contributed by atoms with E-state index in [1.54, 1.807) is 12.1 Å². The summed E-state index contributed by atoms with van der Waals surface area (Å²) >= 11 is 0. The molecule has 1 heterocycles. The summed E-state index contributed by atoms with van der Waals surface area (Å²) in [5.41, 5.74) is 1.27. The highest BCUT2D eigenvalue weighted by Crippen LogP contribution is 2.25. The third kappa shape index (κ3) is 2.57. The van der Waals surface area contributed by atoms with Gasteiger partial charge >= 0.3 is 5.97 Å².